The van der Waals surface area contributed by atoms with Gasteiger partial charge in [-0.15, -0.1) is 10.2 Å². The van der Waals surface area contributed by atoms with Gasteiger partial charge < -0.3 is 19.4 Å². The first kappa shape index (κ1) is 21.5. The van der Waals surface area contributed by atoms with Gasteiger partial charge in [0.25, 0.3) is 11.1 Å². The number of carboxylic acids is 1. The molecule has 0 amide bonds. The van der Waals surface area contributed by atoms with Crippen LogP contribution >= 0.6 is 50.9 Å². The molecule has 7 nitrogen and oxygen atoms in total. The number of aromatic nitrogens is 2. The quantitative estimate of drug-likeness (QED) is 0.315. The normalized spacial score (nSPS) is 11.5. The van der Waals surface area contributed by atoms with Crippen LogP contribution in [-0.2, 0) is 4.79 Å². The molecule has 0 saturated heterocycles. The number of hydrogen-bond acceptors (Lipinski definition) is 7. The van der Waals surface area contributed by atoms with E-state index in [-0.39, 0.29) is 27.3 Å². The third kappa shape index (κ3) is 5.05. The number of halogens is 3. The minimum atomic E-state index is -1.24. The maximum absolute atomic E-state index is 11.7. The lowest BCUT2D eigenvalue weighted by atomic mass is 10.2. The van der Waals surface area contributed by atoms with Gasteiger partial charge >= 0.3 is 5.97 Å². The molecule has 0 aliphatic rings. The van der Waals surface area contributed by atoms with Gasteiger partial charge in [-0.2, -0.15) is 0 Å². The maximum atomic E-state index is 11.7. The van der Waals surface area contributed by atoms with Gasteiger partial charge in [0, 0.05) is 15.6 Å². The molecular weight excluding hydrogens is 507 g/mol. The summed E-state index contributed by atoms with van der Waals surface area (Å²) >= 11 is 15.9. The number of hydrogen-bond donors (Lipinski definition) is 2. The Balaban J connectivity index is 1.95. The molecular formula is C18H11BrCl2N2O5S. The van der Waals surface area contributed by atoms with Crippen LogP contribution in [0.2, 0.25) is 10.0 Å². The van der Waals surface area contributed by atoms with Crippen molar-refractivity contribution >= 4 is 62.9 Å². The summed E-state index contributed by atoms with van der Waals surface area (Å²) in [6.07, 6.45) is 1.25. The molecule has 0 fully saturated rings. The standard InChI is InChI=1S/C18H11BrCl2N2O5S/c1-27-13-3-2-9(20)6-11(13)16-22-23-18(28-16)29-14(17(25)26)5-8-4-10(21)7-12(19)15(8)24/h2-7,24H,1H3,(H,25,26)/b14-5-. The molecule has 11 heteroatoms. The molecule has 29 heavy (non-hydrogen) atoms. The van der Waals surface area contributed by atoms with Crippen LogP contribution in [0.3, 0.4) is 0 Å². The van der Waals surface area contributed by atoms with Crippen molar-refractivity contribution in [3.63, 3.8) is 0 Å². The van der Waals surface area contributed by atoms with Crippen molar-refractivity contribution in [3.05, 3.63) is 55.3 Å². The average Bonchev–Trinajstić information content (AvgIpc) is 3.13. The van der Waals surface area contributed by atoms with E-state index in [1.54, 1.807) is 18.2 Å². The maximum Gasteiger partial charge on any atom is 0.342 e. The van der Waals surface area contributed by atoms with Crippen molar-refractivity contribution < 1.29 is 24.2 Å². The van der Waals surface area contributed by atoms with Crippen LogP contribution in [-0.4, -0.2) is 33.5 Å². The molecule has 1 heterocycles. The minimum Gasteiger partial charge on any atom is -0.506 e. The Hall–Kier alpha value is -2.20. The monoisotopic (exact) mass is 516 g/mol. The Morgan fingerprint density at radius 1 is 1.24 bits per heavy atom. The third-order valence-corrected chi connectivity index (χ3v) is 5.46. The van der Waals surface area contributed by atoms with Crippen LogP contribution in [0.25, 0.3) is 17.5 Å². The fourth-order valence-corrected chi connectivity index (χ4v) is 3.94. The largest absolute Gasteiger partial charge is 0.506 e. The fraction of sp³-hybridized carbons (Fsp3) is 0.0556. The van der Waals surface area contributed by atoms with E-state index in [4.69, 9.17) is 32.4 Å². The van der Waals surface area contributed by atoms with E-state index < -0.39 is 5.97 Å². The first-order valence-electron chi connectivity index (χ1n) is 7.76. The molecule has 0 atom stereocenters. The van der Waals surface area contributed by atoms with Gasteiger partial charge in [0.1, 0.15) is 16.4 Å². The number of aliphatic carboxylic acids is 1. The molecule has 1 aromatic heterocycles. The molecule has 0 spiro atoms. The van der Waals surface area contributed by atoms with Gasteiger partial charge in [-0.25, -0.2) is 4.79 Å². The first-order chi connectivity index (χ1) is 13.8. The number of phenols is 1. The number of carbonyl (C=O) groups is 1. The highest BCUT2D eigenvalue weighted by Crippen LogP contribution is 2.37. The molecule has 2 aromatic carbocycles. The summed E-state index contributed by atoms with van der Waals surface area (Å²) in [5.74, 6) is -0.809. The summed E-state index contributed by atoms with van der Waals surface area (Å²) in [6.45, 7) is 0. The van der Waals surface area contributed by atoms with Crippen molar-refractivity contribution in [2.24, 2.45) is 0 Å². The minimum absolute atomic E-state index is 0.0173. The summed E-state index contributed by atoms with van der Waals surface area (Å²) in [4.78, 5) is 11.5. The highest BCUT2D eigenvalue weighted by atomic mass is 79.9. The smallest absolute Gasteiger partial charge is 0.342 e. The third-order valence-electron chi connectivity index (χ3n) is 3.55. The molecule has 0 aliphatic carbocycles. The molecule has 150 valence electrons. The number of rotatable bonds is 6. The predicted molar refractivity (Wildman–Crippen MR) is 114 cm³/mol. The Kier molecular flexibility index (Phi) is 6.74. The van der Waals surface area contributed by atoms with Crippen LogP contribution in [0.1, 0.15) is 5.56 Å². The fourth-order valence-electron chi connectivity index (χ4n) is 2.27. The average molecular weight is 518 g/mol. The molecule has 2 N–H and O–H groups in total. The molecule has 0 unspecified atom stereocenters. The summed E-state index contributed by atoms with van der Waals surface area (Å²) in [5.41, 5.74) is 0.683. The van der Waals surface area contributed by atoms with Gasteiger partial charge in [0.05, 0.1) is 17.1 Å². The number of nitrogens with zero attached hydrogens (tertiary/aromatic N) is 2. The zero-order valence-corrected chi connectivity index (χ0v) is 18.4. The number of methoxy groups -OCH3 is 1. The van der Waals surface area contributed by atoms with E-state index in [2.05, 4.69) is 26.1 Å². The molecule has 3 aromatic rings. The highest BCUT2D eigenvalue weighted by Gasteiger charge is 2.19. The van der Waals surface area contributed by atoms with E-state index in [9.17, 15) is 15.0 Å². The Bertz CT molecular complexity index is 1120. The number of benzene rings is 2. The van der Waals surface area contributed by atoms with E-state index in [0.717, 1.165) is 11.8 Å². The van der Waals surface area contributed by atoms with Crippen molar-refractivity contribution in [2.75, 3.05) is 7.11 Å². The molecule has 0 saturated carbocycles. The number of thioether (sulfide) groups is 1. The lowest BCUT2D eigenvalue weighted by Gasteiger charge is -2.05. The van der Waals surface area contributed by atoms with Gasteiger partial charge in [0.2, 0.25) is 0 Å². The van der Waals surface area contributed by atoms with Crippen molar-refractivity contribution in [3.8, 4) is 23.0 Å². The van der Waals surface area contributed by atoms with E-state index in [1.165, 1.54) is 25.3 Å². The van der Waals surface area contributed by atoms with E-state index in [1.807, 2.05) is 0 Å². The van der Waals surface area contributed by atoms with Crippen molar-refractivity contribution in [1.29, 1.82) is 0 Å². The van der Waals surface area contributed by atoms with Gasteiger partial charge in [0.15, 0.2) is 0 Å². The Morgan fingerprint density at radius 3 is 2.69 bits per heavy atom. The second-order valence-electron chi connectivity index (χ2n) is 5.46. The van der Waals surface area contributed by atoms with Crippen molar-refractivity contribution in [2.45, 2.75) is 5.22 Å². The second kappa shape index (κ2) is 9.08. The lowest BCUT2D eigenvalue weighted by Crippen LogP contribution is -1.97. The first-order valence-corrected chi connectivity index (χ1v) is 10.1. The summed E-state index contributed by atoms with van der Waals surface area (Å²) in [6, 6.07) is 7.82. The molecule has 0 aliphatic heterocycles. The molecule has 0 radical (unpaired) electrons. The molecule has 0 bridgehead atoms. The number of aromatic hydroxyl groups is 1. The second-order valence-corrected chi connectivity index (χ2v) is 8.18. The van der Waals surface area contributed by atoms with Crippen molar-refractivity contribution in [1.82, 2.24) is 10.2 Å². The van der Waals surface area contributed by atoms with Crippen LogP contribution in [0.5, 0.6) is 11.5 Å². The Morgan fingerprint density at radius 2 is 2.00 bits per heavy atom. The SMILES string of the molecule is COc1ccc(Cl)cc1-c1nnc(S/C(=C\c2cc(Cl)cc(Br)c2O)C(=O)O)o1. The summed E-state index contributed by atoms with van der Waals surface area (Å²) in [5, 5.41) is 28.2. The predicted octanol–water partition coefficient (Wildman–Crippen LogP) is 5.74. The lowest BCUT2D eigenvalue weighted by molar-refractivity contribution is -0.131. The van der Waals surface area contributed by atoms with E-state index >= 15 is 0 Å². The Labute approximate surface area is 187 Å². The highest BCUT2D eigenvalue weighted by molar-refractivity contribution is 9.10. The van der Waals surface area contributed by atoms with Crippen LogP contribution < -0.4 is 4.74 Å². The molecule has 3 rings (SSSR count). The van der Waals surface area contributed by atoms with Gasteiger partial charge in [-0.05, 0) is 64.1 Å². The van der Waals surface area contributed by atoms with E-state index in [0.29, 0.717) is 25.8 Å². The topological polar surface area (TPSA) is 106 Å². The number of ether oxygens (including phenoxy) is 1. The zero-order valence-electron chi connectivity index (χ0n) is 14.5. The summed E-state index contributed by atoms with van der Waals surface area (Å²) < 4.78 is 11.2. The zero-order chi connectivity index (χ0) is 21.1. The number of carboxylic acid groups (broad SMARTS) is 1. The van der Waals surface area contributed by atoms with Crippen LogP contribution in [0, 0.1) is 0 Å². The number of phenolic OH excluding ortho intramolecular Hbond substituents is 1. The van der Waals surface area contributed by atoms with Gasteiger partial charge in [-0.3, -0.25) is 0 Å². The summed E-state index contributed by atoms with van der Waals surface area (Å²) in [7, 11) is 1.49. The van der Waals surface area contributed by atoms with Gasteiger partial charge in [-0.1, -0.05) is 23.2 Å². The van der Waals surface area contributed by atoms with Crippen LogP contribution in [0.15, 0.2) is 49.3 Å². The van der Waals surface area contributed by atoms with Crippen LogP contribution in [0.4, 0.5) is 0 Å².